The van der Waals surface area contributed by atoms with E-state index < -0.39 is 21.5 Å². The standard InChI is InChI=1S/C17H25N5O4S/c1-6-22(7-2)27(25,26)14-8-9-16(24)21(10-14)11-15(23)18-17-12(3)19-20(5)13(17)4/h8-10H,6-7,11H2,1-5H3,(H,18,23). The fourth-order valence-corrected chi connectivity index (χ4v) is 4.26. The van der Waals surface area contributed by atoms with Crippen LogP contribution in [0.4, 0.5) is 5.69 Å². The van der Waals surface area contributed by atoms with Crippen LogP contribution in [-0.2, 0) is 28.4 Å². The maximum absolute atomic E-state index is 12.6. The normalized spacial score (nSPS) is 11.8. The molecule has 10 heteroatoms. The summed E-state index contributed by atoms with van der Waals surface area (Å²) in [6.07, 6.45) is 1.21. The van der Waals surface area contributed by atoms with E-state index in [-0.39, 0.29) is 11.4 Å². The predicted molar refractivity (Wildman–Crippen MR) is 102 cm³/mol. The highest BCUT2D eigenvalue weighted by Gasteiger charge is 2.22. The second kappa shape index (κ2) is 8.05. The monoisotopic (exact) mass is 395 g/mol. The Morgan fingerprint density at radius 3 is 2.37 bits per heavy atom. The maximum atomic E-state index is 12.6. The molecule has 0 atom stereocenters. The highest BCUT2D eigenvalue weighted by molar-refractivity contribution is 7.89. The number of nitrogens with zero attached hydrogens (tertiary/aromatic N) is 4. The number of hydrogen-bond donors (Lipinski definition) is 1. The fourth-order valence-electron chi connectivity index (χ4n) is 2.79. The Labute approximate surface area is 158 Å². The van der Waals surface area contributed by atoms with Crippen molar-refractivity contribution in [2.45, 2.75) is 39.1 Å². The largest absolute Gasteiger partial charge is 0.321 e. The molecule has 0 aliphatic rings. The second-order valence-corrected chi connectivity index (χ2v) is 8.08. The Morgan fingerprint density at radius 2 is 1.85 bits per heavy atom. The number of amides is 1. The van der Waals surface area contributed by atoms with Crippen molar-refractivity contribution in [2.24, 2.45) is 7.05 Å². The lowest BCUT2D eigenvalue weighted by atomic mass is 10.3. The first-order chi connectivity index (χ1) is 12.6. The average Bonchev–Trinajstić information content (AvgIpc) is 2.83. The summed E-state index contributed by atoms with van der Waals surface area (Å²) >= 11 is 0. The Bertz CT molecular complexity index is 1000. The van der Waals surface area contributed by atoms with Gasteiger partial charge in [0, 0.05) is 32.4 Å². The minimum Gasteiger partial charge on any atom is -0.321 e. The number of rotatable bonds is 7. The first kappa shape index (κ1) is 20.8. The lowest BCUT2D eigenvalue weighted by Crippen LogP contribution is -2.33. The molecule has 0 saturated carbocycles. The zero-order chi connectivity index (χ0) is 20.4. The van der Waals surface area contributed by atoms with Gasteiger partial charge in [0.2, 0.25) is 15.9 Å². The molecule has 0 aromatic carbocycles. The van der Waals surface area contributed by atoms with Crippen LogP contribution in [0.2, 0.25) is 0 Å². The molecule has 0 radical (unpaired) electrons. The van der Waals surface area contributed by atoms with E-state index in [9.17, 15) is 18.0 Å². The maximum Gasteiger partial charge on any atom is 0.251 e. The molecule has 27 heavy (non-hydrogen) atoms. The van der Waals surface area contributed by atoms with Gasteiger partial charge in [0.15, 0.2) is 0 Å². The molecule has 1 N–H and O–H groups in total. The predicted octanol–water partition coefficient (Wildman–Crippen LogP) is 0.868. The van der Waals surface area contributed by atoms with E-state index in [4.69, 9.17) is 0 Å². The van der Waals surface area contributed by atoms with Gasteiger partial charge in [-0.25, -0.2) is 8.42 Å². The highest BCUT2D eigenvalue weighted by atomic mass is 32.2. The van der Waals surface area contributed by atoms with E-state index in [1.54, 1.807) is 32.5 Å². The number of aryl methyl sites for hydroxylation is 2. The molecule has 0 bridgehead atoms. The number of aromatic nitrogens is 3. The molecule has 1 amide bonds. The van der Waals surface area contributed by atoms with Crippen LogP contribution in [-0.4, -0.2) is 46.1 Å². The smallest absolute Gasteiger partial charge is 0.251 e. The lowest BCUT2D eigenvalue weighted by Gasteiger charge is -2.19. The van der Waals surface area contributed by atoms with Gasteiger partial charge in [0.05, 0.1) is 22.0 Å². The third kappa shape index (κ3) is 4.28. The van der Waals surface area contributed by atoms with Gasteiger partial charge in [-0.15, -0.1) is 0 Å². The molecule has 9 nitrogen and oxygen atoms in total. The van der Waals surface area contributed by atoms with Gasteiger partial charge in [0.25, 0.3) is 5.56 Å². The van der Waals surface area contributed by atoms with E-state index >= 15 is 0 Å². The van der Waals surface area contributed by atoms with Crippen molar-refractivity contribution in [1.29, 1.82) is 0 Å². The SMILES string of the molecule is CCN(CC)S(=O)(=O)c1ccc(=O)n(CC(=O)Nc2c(C)nn(C)c2C)c1. The summed E-state index contributed by atoms with van der Waals surface area (Å²) < 4.78 is 29.3. The van der Waals surface area contributed by atoms with Crippen LogP contribution in [0.1, 0.15) is 25.2 Å². The molecule has 0 spiro atoms. The van der Waals surface area contributed by atoms with Crippen molar-refractivity contribution in [3.8, 4) is 0 Å². The van der Waals surface area contributed by atoms with Crippen molar-refractivity contribution in [1.82, 2.24) is 18.7 Å². The van der Waals surface area contributed by atoms with Crippen LogP contribution >= 0.6 is 0 Å². The van der Waals surface area contributed by atoms with Gasteiger partial charge in [-0.3, -0.25) is 14.3 Å². The molecular weight excluding hydrogens is 370 g/mol. The molecule has 0 aliphatic carbocycles. The molecule has 0 saturated heterocycles. The summed E-state index contributed by atoms with van der Waals surface area (Å²) in [6, 6.07) is 2.42. The number of hydrogen-bond acceptors (Lipinski definition) is 5. The molecule has 148 valence electrons. The number of carbonyl (C=O) groups is 1. The summed E-state index contributed by atoms with van der Waals surface area (Å²) in [4.78, 5) is 24.5. The van der Waals surface area contributed by atoms with Crippen LogP contribution in [0, 0.1) is 13.8 Å². The van der Waals surface area contributed by atoms with E-state index in [1.807, 2.05) is 6.92 Å². The van der Waals surface area contributed by atoms with Gasteiger partial charge in [-0.1, -0.05) is 13.8 Å². The fraction of sp³-hybridized carbons (Fsp3) is 0.471. The molecule has 0 aliphatic heterocycles. The number of carbonyl (C=O) groups excluding carboxylic acids is 1. The van der Waals surface area contributed by atoms with E-state index in [1.165, 1.54) is 16.6 Å². The Balaban J connectivity index is 2.29. The molecule has 2 aromatic heterocycles. The molecule has 2 aromatic rings. The molecule has 2 rings (SSSR count). The lowest BCUT2D eigenvalue weighted by molar-refractivity contribution is -0.116. The van der Waals surface area contributed by atoms with Crippen molar-refractivity contribution < 1.29 is 13.2 Å². The highest BCUT2D eigenvalue weighted by Crippen LogP contribution is 2.18. The quantitative estimate of drug-likeness (QED) is 0.749. The van der Waals surface area contributed by atoms with Crippen molar-refractivity contribution in [3.63, 3.8) is 0 Å². The Kier molecular flexibility index (Phi) is 6.22. The number of pyridine rings is 1. The van der Waals surface area contributed by atoms with Crippen LogP contribution in [0.3, 0.4) is 0 Å². The minimum absolute atomic E-state index is 0.0210. The summed E-state index contributed by atoms with van der Waals surface area (Å²) in [5.74, 6) is -0.436. The van der Waals surface area contributed by atoms with Gasteiger partial charge in [0.1, 0.15) is 6.54 Å². The number of sulfonamides is 1. The number of nitrogens with one attached hydrogen (secondary N) is 1. The molecule has 0 unspecified atom stereocenters. The van der Waals surface area contributed by atoms with E-state index in [2.05, 4.69) is 10.4 Å². The summed E-state index contributed by atoms with van der Waals surface area (Å²) in [7, 11) is -1.95. The Morgan fingerprint density at radius 1 is 1.22 bits per heavy atom. The van der Waals surface area contributed by atoms with Gasteiger partial charge in [-0.05, 0) is 19.9 Å². The molecule has 0 fully saturated rings. The molecule has 2 heterocycles. The zero-order valence-corrected chi connectivity index (χ0v) is 17.0. The number of anilines is 1. The minimum atomic E-state index is -3.72. The summed E-state index contributed by atoms with van der Waals surface area (Å²) in [5, 5.41) is 6.96. The van der Waals surface area contributed by atoms with E-state index in [0.29, 0.717) is 24.5 Å². The first-order valence-electron chi connectivity index (χ1n) is 8.62. The van der Waals surface area contributed by atoms with Gasteiger partial charge >= 0.3 is 0 Å². The zero-order valence-electron chi connectivity index (χ0n) is 16.2. The van der Waals surface area contributed by atoms with Crippen molar-refractivity contribution >= 4 is 21.6 Å². The van der Waals surface area contributed by atoms with E-state index in [0.717, 1.165) is 16.3 Å². The summed E-state index contributed by atoms with van der Waals surface area (Å²) in [6.45, 7) is 7.40. The first-order valence-corrected chi connectivity index (χ1v) is 10.1. The van der Waals surface area contributed by atoms with Crippen LogP contribution in [0.25, 0.3) is 0 Å². The molecular formula is C17H25N5O4S. The van der Waals surface area contributed by atoms with Crippen LogP contribution in [0.15, 0.2) is 28.0 Å². The van der Waals surface area contributed by atoms with Crippen molar-refractivity contribution in [3.05, 3.63) is 40.1 Å². The Hall–Kier alpha value is -2.46. The van der Waals surface area contributed by atoms with Crippen molar-refractivity contribution in [2.75, 3.05) is 18.4 Å². The summed E-state index contributed by atoms with van der Waals surface area (Å²) in [5.41, 5.74) is 1.57. The average molecular weight is 395 g/mol. The third-order valence-electron chi connectivity index (χ3n) is 4.39. The van der Waals surface area contributed by atoms with Gasteiger partial charge in [-0.2, -0.15) is 9.40 Å². The van der Waals surface area contributed by atoms with Gasteiger partial charge < -0.3 is 9.88 Å². The second-order valence-electron chi connectivity index (χ2n) is 6.14. The third-order valence-corrected chi connectivity index (χ3v) is 6.42. The van der Waals surface area contributed by atoms with Crippen LogP contribution < -0.4 is 10.9 Å². The topological polar surface area (TPSA) is 106 Å². The van der Waals surface area contributed by atoms with Crippen LogP contribution in [0.5, 0.6) is 0 Å².